The molecule has 0 fully saturated rings. The molecule has 2 aromatic heterocycles. The SMILES string of the molecule is CC(C)(C)[Si](c1ccccc1)(c1ccccc1)c1ccc2c(c1)c1ccccc1n2-c1cccc2c3ccccc3n(-c3cccc(-c4ccccc4)c3)c12. The van der Waals surface area contributed by atoms with Gasteiger partial charge < -0.3 is 9.13 Å². The summed E-state index contributed by atoms with van der Waals surface area (Å²) in [6.45, 7) is 7.33. The predicted octanol–water partition coefficient (Wildman–Crippen LogP) is 11.8. The van der Waals surface area contributed by atoms with Crippen LogP contribution in [0.3, 0.4) is 0 Å². The van der Waals surface area contributed by atoms with Crippen molar-refractivity contribution in [1.29, 1.82) is 0 Å². The van der Waals surface area contributed by atoms with Crippen LogP contribution in [0.25, 0.3) is 66.1 Å². The fourth-order valence-corrected chi connectivity index (χ4v) is 15.2. The van der Waals surface area contributed by atoms with E-state index in [-0.39, 0.29) is 5.04 Å². The molecule has 264 valence electrons. The van der Waals surface area contributed by atoms with Crippen LogP contribution in [-0.2, 0) is 0 Å². The fraction of sp³-hybridized carbons (Fsp3) is 0.0769. The summed E-state index contributed by atoms with van der Waals surface area (Å²) in [5.74, 6) is 0. The first-order valence-electron chi connectivity index (χ1n) is 19.3. The van der Waals surface area contributed by atoms with Crippen LogP contribution in [0.1, 0.15) is 20.8 Å². The van der Waals surface area contributed by atoms with Crippen molar-refractivity contribution in [2.45, 2.75) is 25.8 Å². The van der Waals surface area contributed by atoms with Crippen molar-refractivity contribution in [1.82, 2.24) is 9.13 Å². The Hall–Kier alpha value is -6.42. The molecule has 0 aliphatic rings. The van der Waals surface area contributed by atoms with E-state index in [1.54, 1.807) is 0 Å². The molecule has 55 heavy (non-hydrogen) atoms. The van der Waals surface area contributed by atoms with Gasteiger partial charge in [0.05, 0.1) is 27.8 Å². The number of hydrogen-bond acceptors (Lipinski definition) is 0. The first-order valence-corrected chi connectivity index (χ1v) is 21.3. The van der Waals surface area contributed by atoms with E-state index >= 15 is 0 Å². The van der Waals surface area contributed by atoms with Crippen LogP contribution in [0.2, 0.25) is 5.04 Å². The lowest BCUT2D eigenvalue weighted by atomic mass is 10.1. The zero-order chi connectivity index (χ0) is 37.1. The van der Waals surface area contributed by atoms with Crippen molar-refractivity contribution < 1.29 is 0 Å². The Labute approximate surface area is 323 Å². The summed E-state index contributed by atoms with van der Waals surface area (Å²) in [6, 6.07) is 74.3. The minimum atomic E-state index is -2.57. The van der Waals surface area contributed by atoms with E-state index in [0.29, 0.717) is 0 Å². The molecule has 3 heteroatoms. The van der Waals surface area contributed by atoms with E-state index in [0.717, 1.165) is 5.69 Å². The number of fused-ring (bicyclic) bond motifs is 6. The van der Waals surface area contributed by atoms with Crippen LogP contribution < -0.4 is 15.6 Å². The Morgan fingerprint density at radius 1 is 0.364 bits per heavy atom. The molecular formula is C52H42N2Si. The van der Waals surface area contributed by atoms with Gasteiger partial charge in [0.1, 0.15) is 0 Å². The van der Waals surface area contributed by atoms with Crippen molar-refractivity contribution >= 4 is 67.2 Å². The summed E-state index contributed by atoms with van der Waals surface area (Å²) in [7, 11) is -2.57. The normalized spacial score (nSPS) is 12.3. The van der Waals surface area contributed by atoms with Crippen molar-refractivity contribution in [3.05, 3.63) is 200 Å². The fourth-order valence-electron chi connectivity index (χ4n) is 9.55. The highest BCUT2D eigenvalue weighted by molar-refractivity contribution is 7.13. The van der Waals surface area contributed by atoms with E-state index in [1.165, 1.54) is 76.0 Å². The van der Waals surface area contributed by atoms with Gasteiger partial charge >= 0.3 is 0 Å². The Balaban J connectivity index is 1.28. The Kier molecular flexibility index (Phi) is 7.76. The monoisotopic (exact) mass is 722 g/mol. The zero-order valence-corrected chi connectivity index (χ0v) is 32.4. The van der Waals surface area contributed by atoms with Crippen LogP contribution in [0.4, 0.5) is 0 Å². The zero-order valence-electron chi connectivity index (χ0n) is 31.4. The van der Waals surface area contributed by atoms with Gasteiger partial charge in [0.15, 0.2) is 8.07 Å². The summed E-state index contributed by atoms with van der Waals surface area (Å²) in [6.07, 6.45) is 0. The highest BCUT2D eigenvalue weighted by Crippen LogP contribution is 2.41. The molecule has 2 heterocycles. The number of para-hydroxylation sites is 3. The Morgan fingerprint density at radius 2 is 0.873 bits per heavy atom. The molecule has 10 aromatic rings. The molecule has 0 atom stereocenters. The molecule has 0 bridgehead atoms. The summed E-state index contributed by atoms with van der Waals surface area (Å²) >= 11 is 0. The highest BCUT2D eigenvalue weighted by atomic mass is 28.3. The van der Waals surface area contributed by atoms with E-state index in [4.69, 9.17) is 0 Å². The molecule has 0 aliphatic heterocycles. The first kappa shape index (κ1) is 33.2. The van der Waals surface area contributed by atoms with Gasteiger partial charge in [-0.15, -0.1) is 0 Å². The number of benzene rings is 8. The summed E-state index contributed by atoms with van der Waals surface area (Å²) in [5.41, 5.74) is 9.55. The quantitative estimate of drug-likeness (QED) is 0.119. The maximum absolute atomic E-state index is 2.57. The Morgan fingerprint density at radius 3 is 1.53 bits per heavy atom. The topological polar surface area (TPSA) is 9.86 Å². The summed E-state index contributed by atoms with van der Waals surface area (Å²) in [5, 5.41) is 9.33. The highest BCUT2D eigenvalue weighted by Gasteiger charge is 2.49. The van der Waals surface area contributed by atoms with Gasteiger partial charge in [-0.25, -0.2) is 0 Å². The standard InChI is InChI=1S/C52H42N2Si/c1-52(2,3)55(40-23-9-5-10-24-40,41-25-11-6-12-26-41)42-33-34-49-46(36-42)44-28-14-16-31-48(44)54(49)50-32-18-29-45-43-27-13-15-30-47(43)53(51(45)50)39-22-17-21-38(35-39)37-19-7-4-8-20-37/h4-36H,1-3H3. The lowest BCUT2D eigenvalue weighted by molar-refractivity contribution is 0.739. The Bertz CT molecular complexity index is 2960. The van der Waals surface area contributed by atoms with Crippen molar-refractivity contribution in [3.63, 3.8) is 0 Å². The second-order valence-electron chi connectivity index (χ2n) is 15.8. The van der Waals surface area contributed by atoms with Crippen molar-refractivity contribution in [3.8, 4) is 22.5 Å². The molecule has 0 radical (unpaired) electrons. The van der Waals surface area contributed by atoms with Gasteiger partial charge in [-0.2, -0.15) is 0 Å². The maximum atomic E-state index is 2.55. The average molecular weight is 723 g/mol. The predicted molar refractivity (Wildman–Crippen MR) is 238 cm³/mol. The minimum Gasteiger partial charge on any atom is -0.307 e. The minimum absolute atomic E-state index is 0.0113. The van der Waals surface area contributed by atoms with E-state index in [1.807, 2.05) is 0 Å². The molecule has 8 aromatic carbocycles. The molecule has 0 aliphatic carbocycles. The second-order valence-corrected chi connectivity index (χ2v) is 20.5. The maximum Gasteiger partial charge on any atom is 0.153 e. The second kappa shape index (κ2) is 12.9. The van der Waals surface area contributed by atoms with Crippen LogP contribution in [-0.4, -0.2) is 17.2 Å². The van der Waals surface area contributed by atoms with Gasteiger partial charge in [0, 0.05) is 27.2 Å². The van der Waals surface area contributed by atoms with Gasteiger partial charge in [-0.1, -0.05) is 185 Å². The third kappa shape index (κ3) is 5.07. The lowest BCUT2D eigenvalue weighted by Crippen LogP contribution is -2.72. The van der Waals surface area contributed by atoms with Crippen LogP contribution in [0, 0.1) is 0 Å². The first-order chi connectivity index (χ1) is 26.9. The van der Waals surface area contributed by atoms with Crippen LogP contribution in [0.15, 0.2) is 200 Å². The van der Waals surface area contributed by atoms with Gasteiger partial charge in [0.25, 0.3) is 0 Å². The molecule has 0 unspecified atom stereocenters. The lowest BCUT2D eigenvalue weighted by Gasteiger charge is -2.44. The number of nitrogens with zero attached hydrogens (tertiary/aromatic N) is 2. The number of aromatic nitrogens is 2. The van der Waals surface area contributed by atoms with Crippen molar-refractivity contribution in [2.75, 3.05) is 0 Å². The summed E-state index contributed by atoms with van der Waals surface area (Å²) < 4.78 is 4.99. The van der Waals surface area contributed by atoms with E-state index in [2.05, 4.69) is 230 Å². The molecule has 10 rings (SSSR count). The largest absolute Gasteiger partial charge is 0.307 e. The van der Waals surface area contributed by atoms with Crippen LogP contribution in [0.5, 0.6) is 0 Å². The van der Waals surface area contributed by atoms with Crippen LogP contribution >= 0.6 is 0 Å². The van der Waals surface area contributed by atoms with E-state index < -0.39 is 8.07 Å². The molecular weight excluding hydrogens is 681 g/mol. The molecule has 0 saturated carbocycles. The third-order valence-corrected chi connectivity index (χ3v) is 17.6. The van der Waals surface area contributed by atoms with Gasteiger partial charge in [-0.3, -0.25) is 0 Å². The van der Waals surface area contributed by atoms with Gasteiger partial charge in [-0.05, 0) is 68.1 Å². The third-order valence-electron chi connectivity index (χ3n) is 11.8. The molecule has 0 saturated heterocycles. The van der Waals surface area contributed by atoms with Crippen molar-refractivity contribution in [2.24, 2.45) is 0 Å². The summed E-state index contributed by atoms with van der Waals surface area (Å²) in [4.78, 5) is 0. The molecule has 0 N–H and O–H groups in total. The smallest absolute Gasteiger partial charge is 0.153 e. The molecule has 0 spiro atoms. The molecule has 2 nitrogen and oxygen atoms in total. The van der Waals surface area contributed by atoms with Gasteiger partial charge in [0.2, 0.25) is 0 Å². The average Bonchev–Trinajstić information content (AvgIpc) is 3.75. The number of hydrogen-bond donors (Lipinski definition) is 0. The molecule has 0 amide bonds. The van der Waals surface area contributed by atoms with E-state index in [9.17, 15) is 0 Å². The number of rotatable bonds is 6.